The molecule has 0 aromatic rings. The minimum Gasteiger partial charge on any atom is -0.481 e. The quantitative estimate of drug-likeness (QED) is 0.319. The van der Waals surface area contributed by atoms with E-state index in [0.29, 0.717) is 19.3 Å². The third-order valence-corrected chi connectivity index (χ3v) is 4.46. The largest absolute Gasteiger partial charge is 0.481 e. The second kappa shape index (κ2) is 11.6. The van der Waals surface area contributed by atoms with Gasteiger partial charge in [-0.15, -0.1) is 0 Å². The molecule has 4 N–H and O–H groups in total. The summed E-state index contributed by atoms with van der Waals surface area (Å²) in [6.45, 7) is 1.86. The summed E-state index contributed by atoms with van der Waals surface area (Å²) in [7, 11) is 0. The zero-order valence-electron chi connectivity index (χ0n) is 14.5. The van der Waals surface area contributed by atoms with Crippen LogP contribution in [-0.2, 0) is 9.53 Å². The minimum absolute atomic E-state index is 0.226. The Bertz CT molecular complexity index is 384. The molecule has 1 rings (SSSR count). The van der Waals surface area contributed by atoms with Gasteiger partial charge in [0.25, 0.3) is 0 Å². The Morgan fingerprint density at radius 3 is 2.50 bits per heavy atom. The van der Waals surface area contributed by atoms with E-state index in [9.17, 15) is 20.1 Å². The van der Waals surface area contributed by atoms with Crippen LogP contribution in [0.4, 0.5) is 0 Å². The van der Waals surface area contributed by atoms with Gasteiger partial charge in [-0.1, -0.05) is 44.8 Å². The maximum atomic E-state index is 10.4. The second-order valence-electron chi connectivity index (χ2n) is 6.57. The Morgan fingerprint density at radius 1 is 1.17 bits per heavy atom. The molecule has 1 saturated heterocycles. The maximum Gasteiger partial charge on any atom is 0.303 e. The third kappa shape index (κ3) is 8.24. The Hall–Kier alpha value is -0.950. The third-order valence-electron chi connectivity index (χ3n) is 4.46. The van der Waals surface area contributed by atoms with Gasteiger partial charge in [0.15, 0.2) is 0 Å². The first-order valence-corrected chi connectivity index (χ1v) is 9.03. The number of aliphatic carboxylic acids is 1. The van der Waals surface area contributed by atoms with Crippen LogP contribution >= 0.6 is 0 Å². The van der Waals surface area contributed by atoms with Gasteiger partial charge in [0, 0.05) is 12.8 Å². The molecule has 0 spiro atoms. The van der Waals surface area contributed by atoms with Crippen LogP contribution in [0.15, 0.2) is 12.2 Å². The minimum atomic E-state index is -0.818. The molecular formula is C18H32O6. The van der Waals surface area contributed by atoms with E-state index in [2.05, 4.69) is 0 Å². The fourth-order valence-electron chi connectivity index (χ4n) is 2.90. The summed E-state index contributed by atoms with van der Waals surface area (Å²) < 4.78 is 5.75. The molecule has 140 valence electrons. The molecule has 5 atom stereocenters. The highest BCUT2D eigenvalue weighted by Gasteiger charge is 2.36. The number of aliphatic hydroxyl groups is 3. The molecule has 6 heteroatoms. The van der Waals surface area contributed by atoms with Crippen molar-refractivity contribution in [2.24, 2.45) is 0 Å². The highest BCUT2D eigenvalue weighted by Crippen LogP contribution is 2.27. The molecule has 0 aromatic heterocycles. The molecule has 24 heavy (non-hydrogen) atoms. The molecule has 0 bridgehead atoms. The second-order valence-corrected chi connectivity index (χ2v) is 6.57. The van der Waals surface area contributed by atoms with E-state index in [1.807, 2.05) is 6.92 Å². The number of aliphatic hydroxyl groups excluding tert-OH is 3. The van der Waals surface area contributed by atoms with Crippen LogP contribution in [0.5, 0.6) is 0 Å². The molecule has 0 amide bonds. The average molecular weight is 344 g/mol. The monoisotopic (exact) mass is 344 g/mol. The molecule has 0 saturated carbocycles. The van der Waals surface area contributed by atoms with Crippen LogP contribution in [0.25, 0.3) is 0 Å². The Morgan fingerprint density at radius 2 is 1.83 bits per heavy atom. The maximum absolute atomic E-state index is 10.4. The van der Waals surface area contributed by atoms with Gasteiger partial charge in [0.2, 0.25) is 0 Å². The van der Waals surface area contributed by atoms with Gasteiger partial charge in [0.05, 0.1) is 30.5 Å². The van der Waals surface area contributed by atoms with Crippen molar-refractivity contribution in [1.82, 2.24) is 0 Å². The lowest BCUT2D eigenvalue weighted by Gasteiger charge is -2.17. The number of unbranched alkanes of at least 4 members (excludes halogenated alkanes) is 4. The summed E-state index contributed by atoms with van der Waals surface area (Å²) in [5.74, 6) is -0.748. The number of carboxylic acid groups (broad SMARTS) is 1. The first-order chi connectivity index (χ1) is 11.4. The molecule has 1 aliphatic rings. The number of carbonyl (C=O) groups is 1. The molecule has 0 aromatic carbocycles. The van der Waals surface area contributed by atoms with E-state index in [4.69, 9.17) is 9.84 Å². The molecule has 1 heterocycles. The summed E-state index contributed by atoms with van der Waals surface area (Å²) in [5, 5.41) is 38.1. The lowest BCUT2D eigenvalue weighted by atomic mass is 10.0. The van der Waals surface area contributed by atoms with E-state index >= 15 is 0 Å². The van der Waals surface area contributed by atoms with Crippen LogP contribution in [-0.4, -0.2) is 56.9 Å². The lowest BCUT2D eigenvalue weighted by molar-refractivity contribution is -0.137. The van der Waals surface area contributed by atoms with Gasteiger partial charge in [-0.3, -0.25) is 4.79 Å². The zero-order chi connectivity index (χ0) is 17.9. The summed E-state index contributed by atoms with van der Waals surface area (Å²) >= 11 is 0. The first-order valence-electron chi connectivity index (χ1n) is 9.03. The van der Waals surface area contributed by atoms with Gasteiger partial charge in [0.1, 0.15) is 0 Å². The normalized spacial score (nSPS) is 26.8. The molecule has 1 aliphatic heterocycles. The van der Waals surface area contributed by atoms with Gasteiger partial charge in [-0.05, 0) is 19.3 Å². The Kier molecular flexibility index (Phi) is 10.2. The Labute approximate surface area is 144 Å². The van der Waals surface area contributed by atoms with Crippen LogP contribution in [0, 0.1) is 0 Å². The number of rotatable bonds is 12. The van der Waals surface area contributed by atoms with Crippen LogP contribution in [0.2, 0.25) is 0 Å². The van der Waals surface area contributed by atoms with E-state index in [1.54, 1.807) is 6.08 Å². The van der Waals surface area contributed by atoms with Crippen molar-refractivity contribution in [3.63, 3.8) is 0 Å². The predicted molar refractivity (Wildman–Crippen MR) is 90.7 cm³/mol. The van der Waals surface area contributed by atoms with Crippen molar-refractivity contribution in [2.45, 2.75) is 95.2 Å². The van der Waals surface area contributed by atoms with Crippen molar-refractivity contribution < 1.29 is 30.0 Å². The summed E-state index contributed by atoms with van der Waals surface area (Å²) in [6.07, 6.45) is 6.93. The Balaban J connectivity index is 2.19. The van der Waals surface area contributed by atoms with Crippen LogP contribution < -0.4 is 0 Å². The van der Waals surface area contributed by atoms with Crippen LogP contribution in [0.3, 0.4) is 0 Å². The summed E-state index contributed by atoms with van der Waals surface area (Å²) in [4.78, 5) is 10.4. The predicted octanol–water partition coefficient (Wildman–Crippen LogP) is 2.01. The van der Waals surface area contributed by atoms with Gasteiger partial charge >= 0.3 is 5.97 Å². The van der Waals surface area contributed by atoms with E-state index in [1.165, 1.54) is 6.08 Å². The molecule has 6 nitrogen and oxygen atoms in total. The molecule has 0 unspecified atom stereocenters. The van der Waals surface area contributed by atoms with E-state index < -0.39 is 30.4 Å². The van der Waals surface area contributed by atoms with Crippen molar-refractivity contribution in [1.29, 1.82) is 0 Å². The zero-order valence-corrected chi connectivity index (χ0v) is 14.5. The van der Waals surface area contributed by atoms with Gasteiger partial charge in [-0.25, -0.2) is 0 Å². The lowest BCUT2D eigenvalue weighted by Crippen LogP contribution is -2.25. The topological polar surface area (TPSA) is 107 Å². The number of carboxylic acids is 1. The van der Waals surface area contributed by atoms with Crippen molar-refractivity contribution >= 4 is 5.97 Å². The fraction of sp³-hybridized carbons (Fsp3) is 0.833. The van der Waals surface area contributed by atoms with Crippen molar-refractivity contribution in [3.8, 4) is 0 Å². The van der Waals surface area contributed by atoms with Gasteiger partial charge in [-0.2, -0.15) is 0 Å². The highest BCUT2D eigenvalue weighted by molar-refractivity contribution is 5.66. The fourth-order valence-corrected chi connectivity index (χ4v) is 2.90. The molecular weight excluding hydrogens is 312 g/mol. The molecule has 0 radical (unpaired) electrons. The van der Waals surface area contributed by atoms with Crippen molar-refractivity contribution in [3.05, 3.63) is 12.2 Å². The highest BCUT2D eigenvalue weighted by atomic mass is 16.5. The van der Waals surface area contributed by atoms with E-state index in [0.717, 1.165) is 32.1 Å². The number of hydrogen-bond donors (Lipinski definition) is 4. The smallest absolute Gasteiger partial charge is 0.303 e. The first kappa shape index (κ1) is 21.1. The van der Waals surface area contributed by atoms with Crippen LogP contribution in [0.1, 0.15) is 64.7 Å². The molecule has 1 fully saturated rings. The summed E-state index contributed by atoms with van der Waals surface area (Å²) in [5.41, 5.74) is 0. The SMILES string of the molecule is CC[C@@H](O)/C=C/[C@@H](O)[C@H]1C[C@@H](O)[C@@H](CCCCCCCC(=O)O)O1. The molecule has 0 aliphatic carbocycles. The van der Waals surface area contributed by atoms with Crippen molar-refractivity contribution in [2.75, 3.05) is 0 Å². The average Bonchev–Trinajstić information content (AvgIpc) is 2.92. The number of ether oxygens (including phenoxy) is 1. The summed E-state index contributed by atoms with van der Waals surface area (Å²) in [6, 6.07) is 0. The standard InChI is InChI=1S/C18H32O6/c1-2-13(19)10-11-14(20)17-12-15(21)16(24-17)8-6-4-3-5-7-9-18(22)23/h10-11,13-17,19-21H,2-9,12H2,1H3,(H,22,23)/b11-10+/t13-,14-,15-,16-,17-/m1/s1. The van der Waals surface area contributed by atoms with E-state index in [-0.39, 0.29) is 12.5 Å². The number of hydrogen-bond acceptors (Lipinski definition) is 5. The van der Waals surface area contributed by atoms with Gasteiger partial charge < -0.3 is 25.2 Å².